The third-order valence-corrected chi connectivity index (χ3v) is 4.41. The van der Waals surface area contributed by atoms with Crippen LogP contribution in [0.5, 0.6) is 0 Å². The molecule has 0 radical (unpaired) electrons. The number of benzene rings is 1. The number of nitrogens with one attached hydrogen (secondary N) is 1. The van der Waals surface area contributed by atoms with Gasteiger partial charge in [-0.1, -0.05) is 24.2 Å². The van der Waals surface area contributed by atoms with Crippen LogP contribution in [0, 0.1) is 11.3 Å². The van der Waals surface area contributed by atoms with Gasteiger partial charge in [0, 0.05) is 29.0 Å². The van der Waals surface area contributed by atoms with E-state index in [9.17, 15) is 4.79 Å². The Kier molecular flexibility index (Phi) is 4.97. The zero-order valence-electron chi connectivity index (χ0n) is 13.0. The van der Waals surface area contributed by atoms with Gasteiger partial charge in [0.25, 0.3) is 5.91 Å². The van der Waals surface area contributed by atoms with Gasteiger partial charge in [0.2, 0.25) is 0 Å². The molecule has 1 unspecified atom stereocenters. The summed E-state index contributed by atoms with van der Waals surface area (Å²) in [5, 5.41) is 12.3. The summed E-state index contributed by atoms with van der Waals surface area (Å²) >= 11 is 6.39. The first kappa shape index (κ1) is 16.9. The number of amides is 1. The number of carbonyl (C=O) groups is 1. The standard InChI is InChI=1S/C17H19ClN4O/c1-3-21-16(23)17(8-7-13(11-20)22(17)4-2)14-6-5-12(10-19)9-15(14)18/h4-6,9,11H,2-3,7-8,20H2,1H3,(H,21,23)/b13-11-. The van der Waals surface area contributed by atoms with E-state index in [0.29, 0.717) is 35.5 Å². The van der Waals surface area contributed by atoms with Gasteiger partial charge < -0.3 is 16.0 Å². The zero-order chi connectivity index (χ0) is 17.0. The van der Waals surface area contributed by atoms with Crippen molar-refractivity contribution in [3.05, 3.63) is 59.0 Å². The van der Waals surface area contributed by atoms with E-state index in [0.717, 1.165) is 5.70 Å². The van der Waals surface area contributed by atoms with E-state index < -0.39 is 5.54 Å². The molecule has 6 heteroatoms. The van der Waals surface area contributed by atoms with Gasteiger partial charge in [-0.2, -0.15) is 5.26 Å². The molecular formula is C17H19ClN4O. The molecule has 0 saturated carbocycles. The van der Waals surface area contributed by atoms with Gasteiger partial charge >= 0.3 is 0 Å². The highest BCUT2D eigenvalue weighted by atomic mass is 35.5. The monoisotopic (exact) mass is 330 g/mol. The Morgan fingerprint density at radius 3 is 2.91 bits per heavy atom. The lowest BCUT2D eigenvalue weighted by molar-refractivity contribution is -0.130. The number of rotatable bonds is 4. The van der Waals surface area contributed by atoms with Gasteiger partial charge in [-0.05, 0) is 38.1 Å². The number of carbonyl (C=O) groups excluding carboxylic acids is 1. The Morgan fingerprint density at radius 2 is 2.39 bits per heavy atom. The van der Waals surface area contributed by atoms with Crippen LogP contribution in [0.1, 0.15) is 30.9 Å². The molecule has 0 bridgehead atoms. The second kappa shape index (κ2) is 6.76. The fourth-order valence-corrected chi connectivity index (χ4v) is 3.41. The molecule has 0 aromatic heterocycles. The number of likely N-dealkylation sites (N-methyl/N-ethyl adjacent to an activating group) is 1. The summed E-state index contributed by atoms with van der Waals surface area (Å²) in [6, 6.07) is 7.01. The topological polar surface area (TPSA) is 82.2 Å². The molecule has 3 N–H and O–H groups in total. The molecule has 2 rings (SSSR count). The second-order valence-corrected chi connectivity index (χ2v) is 5.64. The highest BCUT2D eigenvalue weighted by Gasteiger charge is 2.50. The zero-order valence-corrected chi connectivity index (χ0v) is 13.7. The number of nitriles is 1. The molecule has 120 valence electrons. The number of halogens is 1. The van der Waals surface area contributed by atoms with E-state index >= 15 is 0 Å². The fraction of sp³-hybridized carbons (Fsp3) is 0.294. The van der Waals surface area contributed by atoms with Crippen LogP contribution in [0.4, 0.5) is 0 Å². The van der Waals surface area contributed by atoms with Crippen LogP contribution in [0.25, 0.3) is 0 Å². The van der Waals surface area contributed by atoms with Crippen molar-refractivity contribution in [3.8, 4) is 6.07 Å². The van der Waals surface area contributed by atoms with Crippen LogP contribution in [0.2, 0.25) is 5.02 Å². The minimum Gasteiger partial charge on any atom is -0.403 e. The smallest absolute Gasteiger partial charge is 0.250 e. The molecule has 1 aliphatic heterocycles. The third kappa shape index (κ3) is 2.66. The Bertz CT molecular complexity index is 707. The van der Waals surface area contributed by atoms with Gasteiger partial charge in [0.05, 0.1) is 11.6 Å². The van der Waals surface area contributed by atoms with Crippen molar-refractivity contribution in [2.24, 2.45) is 5.73 Å². The van der Waals surface area contributed by atoms with Crippen LogP contribution < -0.4 is 11.1 Å². The molecule has 1 amide bonds. The molecule has 0 aliphatic carbocycles. The molecule has 1 heterocycles. The summed E-state index contributed by atoms with van der Waals surface area (Å²) in [4.78, 5) is 14.7. The highest BCUT2D eigenvalue weighted by Crippen LogP contribution is 2.46. The van der Waals surface area contributed by atoms with Gasteiger partial charge in [-0.15, -0.1) is 0 Å². The van der Waals surface area contributed by atoms with E-state index in [1.165, 1.54) is 6.20 Å². The SMILES string of the molecule is C=CN1/C(=C\N)CCC1(C(=O)NCC)c1ccc(C#N)cc1Cl. The quantitative estimate of drug-likeness (QED) is 0.889. The molecule has 1 atom stereocenters. The summed E-state index contributed by atoms with van der Waals surface area (Å²) in [7, 11) is 0. The van der Waals surface area contributed by atoms with E-state index in [-0.39, 0.29) is 5.91 Å². The number of allylic oxidation sites excluding steroid dienone is 1. The highest BCUT2D eigenvalue weighted by molar-refractivity contribution is 6.32. The summed E-state index contributed by atoms with van der Waals surface area (Å²) < 4.78 is 0. The molecule has 1 aliphatic rings. The van der Waals surface area contributed by atoms with Crippen molar-refractivity contribution in [3.63, 3.8) is 0 Å². The summed E-state index contributed by atoms with van der Waals surface area (Å²) in [5.41, 5.74) is 6.59. The first-order valence-electron chi connectivity index (χ1n) is 7.36. The number of likely N-dealkylation sites (tertiary alicyclic amines) is 1. The van der Waals surface area contributed by atoms with Gasteiger partial charge in [0.15, 0.2) is 0 Å². The fourth-order valence-electron chi connectivity index (χ4n) is 3.07. The second-order valence-electron chi connectivity index (χ2n) is 5.24. The Labute approximate surface area is 141 Å². The Morgan fingerprint density at radius 1 is 1.65 bits per heavy atom. The number of hydrogen-bond donors (Lipinski definition) is 2. The van der Waals surface area contributed by atoms with Gasteiger partial charge in [0.1, 0.15) is 5.54 Å². The van der Waals surface area contributed by atoms with Crippen LogP contribution in [-0.4, -0.2) is 17.4 Å². The van der Waals surface area contributed by atoms with Crippen LogP contribution in [0.3, 0.4) is 0 Å². The number of nitrogens with zero attached hydrogens (tertiary/aromatic N) is 2. The molecule has 1 fully saturated rings. The maximum atomic E-state index is 12.9. The summed E-state index contributed by atoms with van der Waals surface area (Å²) in [6.07, 6.45) is 4.24. The largest absolute Gasteiger partial charge is 0.403 e. The molecule has 1 saturated heterocycles. The lowest BCUT2D eigenvalue weighted by Gasteiger charge is -2.37. The van der Waals surface area contributed by atoms with E-state index in [1.807, 2.05) is 13.0 Å². The summed E-state index contributed by atoms with van der Waals surface area (Å²) in [5.74, 6) is -0.164. The lowest BCUT2D eigenvalue weighted by atomic mass is 9.85. The number of nitrogens with two attached hydrogens (primary N) is 1. The Balaban J connectivity index is 2.67. The average Bonchev–Trinajstić information content (AvgIpc) is 2.94. The third-order valence-electron chi connectivity index (χ3n) is 4.10. The molecule has 5 nitrogen and oxygen atoms in total. The van der Waals surface area contributed by atoms with Crippen LogP contribution in [-0.2, 0) is 10.3 Å². The normalized spacial score (nSPS) is 22.0. The van der Waals surface area contributed by atoms with E-state index in [4.69, 9.17) is 22.6 Å². The summed E-state index contributed by atoms with van der Waals surface area (Å²) in [6.45, 7) is 6.18. The van der Waals surface area contributed by atoms with Gasteiger partial charge in [-0.3, -0.25) is 4.79 Å². The number of hydrogen-bond acceptors (Lipinski definition) is 4. The predicted molar refractivity (Wildman–Crippen MR) is 90.1 cm³/mol. The maximum Gasteiger partial charge on any atom is 0.250 e. The van der Waals surface area contributed by atoms with Crippen LogP contribution >= 0.6 is 11.6 Å². The van der Waals surface area contributed by atoms with Crippen molar-refractivity contribution >= 4 is 17.5 Å². The van der Waals surface area contributed by atoms with Crippen LogP contribution in [0.15, 0.2) is 42.9 Å². The Hall–Kier alpha value is -2.45. The lowest BCUT2D eigenvalue weighted by Crippen LogP contribution is -2.51. The molecule has 0 spiro atoms. The molecule has 1 aromatic rings. The van der Waals surface area contributed by atoms with E-state index in [2.05, 4.69) is 11.9 Å². The van der Waals surface area contributed by atoms with Crippen molar-refractivity contribution in [2.45, 2.75) is 25.3 Å². The van der Waals surface area contributed by atoms with Gasteiger partial charge in [-0.25, -0.2) is 0 Å². The average molecular weight is 331 g/mol. The molecular weight excluding hydrogens is 312 g/mol. The first-order chi connectivity index (χ1) is 11.0. The predicted octanol–water partition coefficient (Wildman–Crippen LogP) is 2.58. The van der Waals surface area contributed by atoms with Crippen molar-refractivity contribution in [1.82, 2.24) is 10.2 Å². The molecule has 23 heavy (non-hydrogen) atoms. The van der Waals surface area contributed by atoms with E-state index in [1.54, 1.807) is 29.3 Å². The minimum atomic E-state index is -1.01. The minimum absolute atomic E-state index is 0.164. The molecule has 1 aromatic carbocycles. The van der Waals surface area contributed by atoms with Crippen molar-refractivity contribution in [1.29, 1.82) is 5.26 Å². The maximum absolute atomic E-state index is 12.9. The first-order valence-corrected chi connectivity index (χ1v) is 7.74. The van der Waals surface area contributed by atoms with Crippen molar-refractivity contribution < 1.29 is 4.79 Å². The van der Waals surface area contributed by atoms with Crippen molar-refractivity contribution in [2.75, 3.05) is 6.54 Å².